The van der Waals surface area contributed by atoms with Crippen LogP contribution < -0.4 is 0 Å². The molecule has 0 fully saturated rings. The Hall–Kier alpha value is -1.71. The molecule has 53 heavy (non-hydrogen) atoms. The predicted molar refractivity (Wildman–Crippen MR) is 218 cm³/mol. The van der Waals surface area contributed by atoms with Gasteiger partial charge >= 0.3 is 11.9 Å². The van der Waals surface area contributed by atoms with Gasteiger partial charge in [0.2, 0.25) is 5.91 Å². The monoisotopic (exact) mass is 755 g/mol. The van der Waals surface area contributed by atoms with Gasteiger partial charge in [-0.05, 0) is 91.3 Å². The lowest BCUT2D eigenvalue weighted by Gasteiger charge is -2.33. The van der Waals surface area contributed by atoms with Gasteiger partial charge in [0, 0.05) is 31.8 Å². The van der Waals surface area contributed by atoms with Crippen LogP contribution in [0.25, 0.3) is 0 Å². The molecule has 0 saturated heterocycles. The highest BCUT2D eigenvalue weighted by molar-refractivity contribution is 5.76. The highest BCUT2D eigenvalue weighted by Crippen LogP contribution is 2.22. The normalized spacial score (nSPS) is 12.2. The number of unbranched alkanes of at least 4 members (excludes halogenated alkanes) is 16. The van der Waals surface area contributed by atoms with Gasteiger partial charge in [-0.2, -0.15) is 9.78 Å². The molecule has 0 saturated carbocycles. The molecule has 9 nitrogen and oxygen atoms in total. The number of rotatable bonds is 39. The molecule has 0 radical (unpaired) electrons. The summed E-state index contributed by atoms with van der Waals surface area (Å²) in [5.41, 5.74) is 0. The Labute approximate surface area is 327 Å². The fourth-order valence-corrected chi connectivity index (χ4v) is 6.77. The molecular weight excluding hydrogens is 668 g/mol. The van der Waals surface area contributed by atoms with Crippen LogP contribution in [0.2, 0.25) is 0 Å². The van der Waals surface area contributed by atoms with Crippen LogP contribution >= 0.6 is 0 Å². The van der Waals surface area contributed by atoms with Crippen molar-refractivity contribution in [3.63, 3.8) is 0 Å². The zero-order chi connectivity index (χ0) is 39.4. The second-order valence-electron chi connectivity index (χ2n) is 15.6. The summed E-state index contributed by atoms with van der Waals surface area (Å²) in [5, 5.41) is 0. The third-order valence-electron chi connectivity index (χ3n) is 10.5. The Morgan fingerprint density at radius 2 is 0.830 bits per heavy atom. The molecule has 0 N–H and O–H groups in total. The molecule has 1 unspecified atom stereocenters. The summed E-state index contributed by atoms with van der Waals surface area (Å²) < 4.78 is 0. The highest BCUT2D eigenvalue weighted by atomic mass is 17.2. The van der Waals surface area contributed by atoms with Crippen LogP contribution in [0.5, 0.6) is 0 Å². The molecular formula is C44H86N2O7. The van der Waals surface area contributed by atoms with Crippen molar-refractivity contribution >= 4 is 17.8 Å². The third kappa shape index (κ3) is 31.2. The maximum Gasteiger partial charge on any atom is 0.342 e. The summed E-state index contributed by atoms with van der Waals surface area (Å²) in [7, 11) is 4.18. The van der Waals surface area contributed by atoms with Crippen molar-refractivity contribution in [2.75, 3.05) is 27.2 Å². The molecule has 0 aromatic rings. The van der Waals surface area contributed by atoms with E-state index >= 15 is 0 Å². The second-order valence-corrected chi connectivity index (χ2v) is 15.6. The fourth-order valence-electron chi connectivity index (χ4n) is 6.77. The summed E-state index contributed by atoms with van der Waals surface area (Å²) in [6.07, 6.45) is 29.1. The van der Waals surface area contributed by atoms with Crippen molar-refractivity contribution in [1.29, 1.82) is 0 Å². The predicted octanol–water partition coefficient (Wildman–Crippen LogP) is 11.8. The fraction of sp³-hybridized carbons (Fsp3) is 0.932. The van der Waals surface area contributed by atoms with Gasteiger partial charge in [-0.15, -0.1) is 0 Å². The standard InChI is InChI=1S/C44H86N2O7/c1-8-13-14-15-16-17-20-25-32-39(33-26-21-18-22-27-35-43(48)52-50-40(9-2)10-3)46(42(47)34-29-31-37-45(6)7)38-30-24-19-23-28-36-44(49)53-51-41(11-4)12-5/h39-41H,8-38H2,1-7H3. The van der Waals surface area contributed by atoms with Gasteiger partial charge in [-0.1, -0.05) is 131 Å². The van der Waals surface area contributed by atoms with E-state index in [9.17, 15) is 14.4 Å². The SMILES string of the molecule is CCCCCCCCCCC(CCCCCCCC(=O)OOC(CC)CC)N(CCCCCCCC(=O)OOC(CC)CC)C(=O)CCCCN(C)C. The quantitative estimate of drug-likeness (QED) is 0.0348. The lowest BCUT2D eigenvalue weighted by Crippen LogP contribution is -2.41. The van der Waals surface area contributed by atoms with Gasteiger partial charge in [0.15, 0.2) is 0 Å². The Kier molecular flexibility index (Phi) is 36.0. The van der Waals surface area contributed by atoms with Gasteiger partial charge in [0.1, 0.15) is 12.2 Å². The van der Waals surface area contributed by atoms with Crippen LogP contribution in [-0.2, 0) is 33.9 Å². The van der Waals surface area contributed by atoms with Crippen LogP contribution in [0.4, 0.5) is 0 Å². The molecule has 0 aliphatic carbocycles. The summed E-state index contributed by atoms with van der Waals surface area (Å²) in [5.74, 6) is -0.231. The first kappa shape index (κ1) is 51.3. The van der Waals surface area contributed by atoms with E-state index < -0.39 is 0 Å². The molecule has 0 rings (SSSR count). The van der Waals surface area contributed by atoms with Crippen LogP contribution in [0.15, 0.2) is 0 Å². The molecule has 1 atom stereocenters. The molecule has 0 spiro atoms. The second kappa shape index (κ2) is 37.2. The minimum atomic E-state index is -0.281. The molecule has 314 valence electrons. The number of carbonyl (C=O) groups is 3. The van der Waals surface area contributed by atoms with E-state index in [1.165, 1.54) is 51.4 Å². The topological polar surface area (TPSA) is 94.6 Å². The van der Waals surface area contributed by atoms with E-state index in [0.29, 0.717) is 31.2 Å². The summed E-state index contributed by atoms with van der Waals surface area (Å²) >= 11 is 0. The lowest BCUT2D eigenvalue weighted by atomic mass is 9.97. The van der Waals surface area contributed by atoms with Gasteiger partial charge in [0.05, 0.1) is 0 Å². The van der Waals surface area contributed by atoms with Gasteiger partial charge in [-0.25, -0.2) is 9.59 Å². The minimum absolute atomic E-state index is 0.0237. The van der Waals surface area contributed by atoms with Gasteiger partial charge < -0.3 is 9.80 Å². The number of hydrogen-bond donors (Lipinski definition) is 0. The molecule has 0 aromatic heterocycles. The van der Waals surface area contributed by atoms with Crippen molar-refractivity contribution in [1.82, 2.24) is 9.80 Å². The van der Waals surface area contributed by atoms with E-state index in [0.717, 1.165) is 129 Å². The van der Waals surface area contributed by atoms with E-state index in [2.05, 4.69) is 30.8 Å². The summed E-state index contributed by atoms with van der Waals surface area (Å²) in [6, 6.07) is 0.290. The Morgan fingerprint density at radius 1 is 0.453 bits per heavy atom. The Bertz CT molecular complexity index is 848. The molecule has 1 amide bonds. The van der Waals surface area contributed by atoms with Crippen LogP contribution in [0.1, 0.15) is 221 Å². The Balaban J connectivity index is 5.07. The molecule has 0 aliphatic heterocycles. The van der Waals surface area contributed by atoms with Crippen molar-refractivity contribution < 1.29 is 33.9 Å². The summed E-state index contributed by atoms with van der Waals surface area (Å²) in [4.78, 5) is 62.9. The maximum atomic E-state index is 13.8. The molecule has 0 heterocycles. The number of nitrogens with zero attached hydrogens (tertiary/aromatic N) is 2. The van der Waals surface area contributed by atoms with Gasteiger partial charge in [-0.3, -0.25) is 14.6 Å². The van der Waals surface area contributed by atoms with Crippen molar-refractivity contribution in [3.8, 4) is 0 Å². The third-order valence-corrected chi connectivity index (χ3v) is 10.5. The van der Waals surface area contributed by atoms with Crippen molar-refractivity contribution in [2.45, 2.75) is 239 Å². The van der Waals surface area contributed by atoms with Crippen molar-refractivity contribution in [2.24, 2.45) is 0 Å². The molecule has 0 bridgehead atoms. The van der Waals surface area contributed by atoms with E-state index in [-0.39, 0.29) is 24.1 Å². The highest BCUT2D eigenvalue weighted by Gasteiger charge is 2.23. The summed E-state index contributed by atoms with van der Waals surface area (Å²) in [6.45, 7) is 12.2. The van der Waals surface area contributed by atoms with Crippen LogP contribution in [0.3, 0.4) is 0 Å². The van der Waals surface area contributed by atoms with Crippen molar-refractivity contribution in [3.05, 3.63) is 0 Å². The zero-order valence-corrected chi connectivity index (χ0v) is 35.9. The van der Waals surface area contributed by atoms with E-state index in [1.54, 1.807) is 0 Å². The molecule has 0 aromatic carbocycles. The van der Waals surface area contributed by atoms with Crippen LogP contribution in [0, 0.1) is 0 Å². The smallest absolute Gasteiger partial charge is 0.340 e. The first-order valence-corrected chi connectivity index (χ1v) is 22.4. The number of carbonyl (C=O) groups excluding carboxylic acids is 3. The average molecular weight is 755 g/mol. The van der Waals surface area contributed by atoms with Crippen LogP contribution in [-0.4, -0.2) is 73.1 Å². The average Bonchev–Trinajstić information content (AvgIpc) is 3.15. The molecule has 9 heteroatoms. The molecule has 0 aliphatic rings. The maximum absolute atomic E-state index is 13.8. The lowest BCUT2D eigenvalue weighted by molar-refractivity contribution is -0.299. The first-order chi connectivity index (χ1) is 25.7. The zero-order valence-electron chi connectivity index (χ0n) is 35.9. The number of amides is 1. The minimum Gasteiger partial charge on any atom is -0.340 e. The largest absolute Gasteiger partial charge is 0.342 e. The Morgan fingerprint density at radius 3 is 1.26 bits per heavy atom. The van der Waals surface area contributed by atoms with Gasteiger partial charge in [0.25, 0.3) is 0 Å². The number of hydrogen-bond acceptors (Lipinski definition) is 8. The van der Waals surface area contributed by atoms with E-state index in [1.807, 2.05) is 27.7 Å². The van der Waals surface area contributed by atoms with E-state index in [4.69, 9.17) is 19.6 Å². The first-order valence-electron chi connectivity index (χ1n) is 22.4.